The topological polar surface area (TPSA) is 91.8 Å². The average molecular weight is 325 g/mol. The van der Waals surface area contributed by atoms with Crippen molar-refractivity contribution in [3.63, 3.8) is 0 Å². The van der Waals surface area contributed by atoms with Crippen LogP contribution in [0.4, 0.5) is 0 Å². The van der Waals surface area contributed by atoms with E-state index in [1.54, 1.807) is 11.8 Å². The Morgan fingerprint density at radius 1 is 1.27 bits per heavy atom. The normalized spacial score (nSPS) is 16.1. The van der Waals surface area contributed by atoms with Gasteiger partial charge in [0, 0.05) is 24.4 Å². The second kappa shape index (κ2) is 6.08. The fourth-order valence-corrected chi connectivity index (χ4v) is 2.80. The van der Waals surface area contributed by atoms with E-state index < -0.39 is 21.7 Å². The Morgan fingerprint density at radius 2 is 1.82 bits per heavy atom. The lowest BCUT2D eigenvalue weighted by Gasteiger charge is -2.24. The fourth-order valence-electron chi connectivity index (χ4n) is 2.17. The first-order valence-corrected chi connectivity index (χ1v) is 8.93. The maximum Gasteiger partial charge on any atom is 0.308 e. The number of aliphatic carboxylic acids is 1. The number of carboxylic acids is 1. The van der Waals surface area contributed by atoms with Crippen LogP contribution in [-0.4, -0.2) is 49.1 Å². The van der Waals surface area contributed by atoms with Gasteiger partial charge in [0.05, 0.1) is 10.8 Å². The lowest BCUT2D eigenvalue weighted by Crippen LogP contribution is -2.38. The number of hydrogen-bond donors (Lipinski definition) is 1. The van der Waals surface area contributed by atoms with Crippen LogP contribution in [0, 0.1) is 5.92 Å². The summed E-state index contributed by atoms with van der Waals surface area (Å²) in [5.41, 5.74) is 0.372. The highest BCUT2D eigenvalue weighted by atomic mass is 32.2. The van der Waals surface area contributed by atoms with Crippen LogP contribution in [0.1, 0.15) is 30.1 Å². The summed E-state index contributed by atoms with van der Waals surface area (Å²) in [6, 6.07) is 5.82. The molecule has 1 amide bonds. The lowest BCUT2D eigenvalue weighted by atomic mass is 10.1. The van der Waals surface area contributed by atoms with Gasteiger partial charge in [0.15, 0.2) is 9.84 Å². The zero-order valence-electron chi connectivity index (χ0n) is 12.5. The van der Waals surface area contributed by atoms with E-state index in [-0.39, 0.29) is 23.4 Å². The third kappa shape index (κ3) is 3.85. The van der Waals surface area contributed by atoms with Crippen molar-refractivity contribution in [2.75, 3.05) is 12.8 Å². The molecule has 1 aliphatic carbocycles. The second-order valence-corrected chi connectivity index (χ2v) is 7.74. The quantitative estimate of drug-likeness (QED) is 0.854. The minimum Gasteiger partial charge on any atom is -0.481 e. The molecule has 0 bridgehead atoms. The van der Waals surface area contributed by atoms with Crippen molar-refractivity contribution >= 4 is 21.7 Å². The first-order chi connectivity index (χ1) is 10.2. The predicted octanol–water partition coefficient (Wildman–Crippen LogP) is 1.42. The molecule has 1 N–H and O–H groups in total. The molecule has 120 valence electrons. The minimum atomic E-state index is -3.30. The monoisotopic (exact) mass is 325 g/mol. The molecule has 1 aliphatic rings. The number of carbonyl (C=O) groups is 2. The van der Waals surface area contributed by atoms with Gasteiger partial charge < -0.3 is 10.0 Å². The van der Waals surface area contributed by atoms with Crippen molar-refractivity contribution in [2.45, 2.75) is 30.7 Å². The summed E-state index contributed by atoms with van der Waals surface area (Å²) < 4.78 is 22.9. The molecule has 6 nitrogen and oxygen atoms in total. The van der Waals surface area contributed by atoms with Crippen LogP contribution in [0.3, 0.4) is 0 Å². The molecule has 1 fully saturated rings. The predicted molar refractivity (Wildman–Crippen MR) is 80.4 cm³/mol. The molecule has 1 aromatic rings. The Labute approximate surface area is 129 Å². The van der Waals surface area contributed by atoms with E-state index in [9.17, 15) is 18.0 Å². The molecule has 1 saturated carbocycles. The van der Waals surface area contributed by atoms with Gasteiger partial charge in [-0.05, 0) is 37.1 Å². The van der Waals surface area contributed by atoms with Gasteiger partial charge in [-0.3, -0.25) is 9.59 Å². The zero-order chi connectivity index (χ0) is 16.5. The average Bonchev–Trinajstić information content (AvgIpc) is 3.27. The van der Waals surface area contributed by atoms with E-state index in [1.807, 2.05) is 0 Å². The van der Waals surface area contributed by atoms with Crippen molar-refractivity contribution in [1.29, 1.82) is 0 Å². The minimum absolute atomic E-state index is 0.0869. The summed E-state index contributed by atoms with van der Waals surface area (Å²) in [6.07, 6.45) is 2.86. The Bertz CT molecular complexity index is 676. The summed E-state index contributed by atoms with van der Waals surface area (Å²) in [5.74, 6) is -1.83. The number of rotatable bonds is 6. The number of hydrogen-bond acceptors (Lipinski definition) is 4. The molecule has 0 aliphatic heterocycles. The smallest absolute Gasteiger partial charge is 0.308 e. The van der Waals surface area contributed by atoms with E-state index in [1.165, 1.54) is 24.3 Å². The maximum absolute atomic E-state index is 12.5. The molecular formula is C15H19NO5S. The van der Waals surface area contributed by atoms with Gasteiger partial charge in [0.1, 0.15) is 0 Å². The number of benzene rings is 1. The first kappa shape index (κ1) is 16.5. The van der Waals surface area contributed by atoms with Crippen molar-refractivity contribution < 1.29 is 23.1 Å². The highest BCUT2D eigenvalue weighted by molar-refractivity contribution is 7.90. The van der Waals surface area contributed by atoms with Gasteiger partial charge in [-0.1, -0.05) is 6.92 Å². The van der Waals surface area contributed by atoms with Crippen molar-refractivity contribution in [1.82, 2.24) is 4.90 Å². The van der Waals surface area contributed by atoms with E-state index >= 15 is 0 Å². The molecule has 1 atom stereocenters. The van der Waals surface area contributed by atoms with Crippen molar-refractivity contribution in [3.8, 4) is 0 Å². The van der Waals surface area contributed by atoms with Gasteiger partial charge >= 0.3 is 5.97 Å². The van der Waals surface area contributed by atoms with Gasteiger partial charge in [0.25, 0.3) is 5.91 Å². The first-order valence-electron chi connectivity index (χ1n) is 7.04. The highest BCUT2D eigenvalue weighted by Crippen LogP contribution is 2.29. The summed E-state index contributed by atoms with van der Waals surface area (Å²) in [5, 5.41) is 9.01. The number of sulfone groups is 1. The van der Waals surface area contributed by atoms with Gasteiger partial charge in [-0.25, -0.2) is 8.42 Å². The molecule has 0 saturated heterocycles. The summed E-state index contributed by atoms with van der Waals surface area (Å²) >= 11 is 0. The molecule has 0 heterocycles. The van der Waals surface area contributed by atoms with Crippen LogP contribution in [0.15, 0.2) is 29.2 Å². The number of nitrogens with zero attached hydrogens (tertiary/aromatic N) is 1. The molecular weight excluding hydrogens is 306 g/mol. The third-order valence-electron chi connectivity index (χ3n) is 3.67. The highest BCUT2D eigenvalue weighted by Gasteiger charge is 2.34. The molecule has 22 heavy (non-hydrogen) atoms. The van der Waals surface area contributed by atoms with E-state index in [0.29, 0.717) is 5.56 Å². The molecule has 0 radical (unpaired) electrons. The molecule has 1 unspecified atom stereocenters. The summed E-state index contributed by atoms with van der Waals surface area (Å²) in [4.78, 5) is 25.2. The summed E-state index contributed by atoms with van der Waals surface area (Å²) in [7, 11) is -3.30. The molecule has 0 aromatic heterocycles. The SMILES string of the molecule is CC(CN(C(=O)c1ccc(S(C)(=O)=O)cc1)C1CC1)C(=O)O. The molecule has 7 heteroatoms. The maximum atomic E-state index is 12.5. The van der Waals surface area contributed by atoms with Gasteiger partial charge in [0.2, 0.25) is 0 Å². The third-order valence-corrected chi connectivity index (χ3v) is 4.80. The molecule has 0 spiro atoms. The summed E-state index contributed by atoms with van der Waals surface area (Å²) in [6.45, 7) is 1.73. The van der Waals surface area contributed by atoms with Crippen LogP contribution in [-0.2, 0) is 14.6 Å². The molecule has 1 aromatic carbocycles. The van der Waals surface area contributed by atoms with E-state index in [0.717, 1.165) is 19.1 Å². The largest absolute Gasteiger partial charge is 0.481 e. The Morgan fingerprint density at radius 3 is 2.23 bits per heavy atom. The van der Waals surface area contributed by atoms with Gasteiger partial charge in [-0.2, -0.15) is 0 Å². The Hall–Kier alpha value is -1.89. The number of carboxylic acid groups (broad SMARTS) is 1. The van der Waals surface area contributed by atoms with Crippen LogP contribution in [0.25, 0.3) is 0 Å². The second-order valence-electron chi connectivity index (χ2n) is 5.72. The Kier molecular flexibility index (Phi) is 4.55. The van der Waals surface area contributed by atoms with Crippen LogP contribution in [0.5, 0.6) is 0 Å². The zero-order valence-corrected chi connectivity index (χ0v) is 13.3. The van der Waals surface area contributed by atoms with Crippen LogP contribution >= 0.6 is 0 Å². The van der Waals surface area contributed by atoms with Crippen LogP contribution < -0.4 is 0 Å². The van der Waals surface area contributed by atoms with E-state index in [4.69, 9.17) is 5.11 Å². The number of carbonyl (C=O) groups excluding carboxylic acids is 1. The number of amides is 1. The van der Waals surface area contributed by atoms with Crippen molar-refractivity contribution in [3.05, 3.63) is 29.8 Å². The van der Waals surface area contributed by atoms with Crippen molar-refractivity contribution in [2.24, 2.45) is 5.92 Å². The Balaban J connectivity index is 2.18. The lowest BCUT2D eigenvalue weighted by molar-refractivity contribution is -0.141. The van der Waals surface area contributed by atoms with E-state index in [2.05, 4.69) is 0 Å². The van der Waals surface area contributed by atoms with Gasteiger partial charge in [-0.15, -0.1) is 0 Å². The standard InChI is InChI=1S/C15H19NO5S/c1-10(15(18)19)9-16(12-5-6-12)14(17)11-3-7-13(8-4-11)22(2,20)21/h3-4,7-8,10,12H,5-6,9H2,1-2H3,(H,18,19). The molecule has 2 rings (SSSR count). The fraction of sp³-hybridized carbons (Fsp3) is 0.467. The van der Waals surface area contributed by atoms with Crippen LogP contribution in [0.2, 0.25) is 0 Å².